The van der Waals surface area contributed by atoms with Crippen LogP contribution in [0, 0.1) is 16.0 Å². The Bertz CT molecular complexity index is 785. The quantitative estimate of drug-likeness (QED) is 0.418. The van der Waals surface area contributed by atoms with E-state index in [4.69, 9.17) is 4.74 Å². The fraction of sp³-hybridized carbons (Fsp3) is 0.412. The Morgan fingerprint density at radius 2 is 1.96 bits per heavy atom. The van der Waals surface area contributed by atoms with E-state index >= 15 is 0 Å². The van der Waals surface area contributed by atoms with Crippen molar-refractivity contribution < 1.29 is 24.4 Å². The minimum absolute atomic E-state index is 0.174. The van der Waals surface area contributed by atoms with Crippen molar-refractivity contribution in [2.45, 2.75) is 39.8 Å². The molecule has 0 saturated carbocycles. The highest BCUT2D eigenvalue weighted by molar-refractivity contribution is 5.95. The lowest BCUT2D eigenvalue weighted by molar-refractivity contribution is -0.385. The van der Waals surface area contributed by atoms with Crippen molar-refractivity contribution in [1.29, 1.82) is 0 Å². The number of hydrogen-bond acceptors (Lipinski definition) is 6. The number of urea groups is 1. The van der Waals surface area contributed by atoms with Gasteiger partial charge in [0.1, 0.15) is 0 Å². The summed E-state index contributed by atoms with van der Waals surface area (Å²) >= 11 is 0. The van der Waals surface area contributed by atoms with Crippen molar-refractivity contribution in [3.8, 4) is 5.75 Å². The van der Waals surface area contributed by atoms with E-state index in [1.54, 1.807) is 27.7 Å². The highest BCUT2D eigenvalue weighted by atomic mass is 16.6. The first-order chi connectivity index (χ1) is 12.1. The lowest BCUT2D eigenvalue weighted by Crippen LogP contribution is -2.47. The Labute approximate surface area is 150 Å². The van der Waals surface area contributed by atoms with Crippen LogP contribution >= 0.6 is 0 Å². The highest BCUT2D eigenvalue weighted by Gasteiger charge is 2.36. The molecule has 2 rings (SSSR count). The molecule has 1 aromatic rings. The van der Waals surface area contributed by atoms with E-state index < -0.39 is 34.4 Å². The van der Waals surface area contributed by atoms with Crippen molar-refractivity contribution in [1.82, 2.24) is 10.6 Å². The van der Waals surface area contributed by atoms with Crippen LogP contribution in [0.5, 0.6) is 5.75 Å². The van der Waals surface area contributed by atoms with Crippen LogP contribution in [0.3, 0.4) is 0 Å². The van der Waals surface area contributed by atoms with E-state index in [-0.39, 0.29) is 17.6 Å². The smallest absolute Gasteiger partial charge is 0.338 e. The zero-order valence-electron chi connectivity index (χ0n) is 14.9. The topological polar surface area (TPSA) is 131 Å². The van der Waals surface area contributed by atoms with Crippen LogP contribution in [0.1, 0.15) is 39.3 Å². The van der Waals surface area contributed by atoms with Gasteiger partial charge in [-0.25, -0.2) is 9.59 Å². The molecule has 0 spiro atoms. The Morgan fingerprint density at radius 3 is 2.50 bits per heavy atom. The van der Waals surface area contributed by atoms with Crippen molar-refractivity contribution in [2.24, 2.45) is 5.92 Å². The summed E-state index contributed by atoms with van der Waals surface area (Å²) < 4.78 is 5.29. The molecule has 0 bridgehead atoms. The monoisotopic (exact) mass is 363 g/mol. The number of nitro benzene ring substituents is 1. The number of esters is 1. The van der Waals surface area contributed by atoms with Gasteiger partial charge in [0.25, 0.3) is 0 Å². The molecule has 9 nitrogen and oxygen atoms in total. The van der Waals surface area contributed by atoms with Crippen molar-refractivity contribution in [3.05, 3.63) is 45.1 Å². The number of amides is 2. The molecule has 26 heavy (non-hydrogen) atoms. The first-order valence-corrected chi connectivity index (χ1v) is 8.11. The predicted molar refractivity (Wildman–Crippen MR) is 92.3 cm³/mol. The minimum Gasteiger partial charge on any atom is -0.502 e. The van der Waals surface area contributed by atoms with E-state index in [1.165, 1.54) is 6.07 Å². The van der Waals surface area contributed by atoms with Crippen LogP contribution in [0.15, 0.2) is 29.5 Å². The van der Waals surface area contributed by atoms with E-state index in [1.807, 2.05) is 0 Å². The molecular formula is C17H21N3O6. The second-order valence-electron chi connectivity index (χ2n) is 6.47. The van der Waals surface area contributed by atoms with Gasteiger partial charge in [-0.2, -0.15) is 0 Å². The molecule has 0 aliphatic carbocycles. The first-order valence-electron chi connectivity index (χ1n) is 8.11. The number of hydrogen-bond donors (Lipinski definition) is 3. The van der Waals surface area contributed by atoms with Gasteiger partial charge in [-0.05, 0) is 31.4 Å². The van der Waals surface area contributed by atoms with Gasteiger partial charge in [0.05, 0.1) is 22.6 Å². The third-order valence-corrected chi connectivity index (χ3v) is 3.77. The number of phenolic OH excluding ortho intramolecular Hbond substituents is 1. The summed E-state index contributed by atoms with van der Waals surface area (Å²) in [5, 5.41) is 26.0. The summed E-state index contributed by atoms with van der Waals surface area (Å²) in [6, 6.07) is 2.23. The first kappa shape index (κ1) is 19.2. The average molecular weight is 363 g/mol. The number of rotatable bonds is 5. The number of phenols is 1. The van der Waals surface area contributed by atoms with Gasteiger partial charge in [0, 0.05) is 11.8 Å². The summed E-state index contributed by atoms with van der Waals surface area (Å²) in [5.74, 6) is -1.32. The molecule has 0 fully saturated rings. The van der Waals surface area contributed by atoms with Crippen molar-refractivity contribution in [2.75, 3.05) is 0 Å². The molecular weight excluding hydrogens is 342 g/mol. The number of ether oxygens (including phenoxy) is 1. The zero-order chi connectivity index (χ0) is 19.6. The number of carbonyl (C=O) groups is 2. The van der Waals surface area contributed by atoms with E-state index in [0.29, 0.717) is 11.3 Å². The van der Waals surface area contributed by atoms with Crippen LogP contribution < -0.4 is 10.6 Å². The third kappa shape index (κ3) is 3.93. The molecule has 0 saturated heterocycles. The molecule has 1 atom stereocenters. The maximum absolute atomic E-state index is 12.6. The Hall–Kier alpha value is -3.10. The molecule has 9 heteroatoms. The zero-order valence-corrected chi connectivity index (χ0v) is 14.9. The average Bonchev–Trinajstić information content (AvgIpc) is 2.53. The minimum atomic E-state index is -0.938. The number of nitrogens with zero attached hydrogens (tertiary/aromatic N) is 1. The lowest BCUT2D eigenvalue weighted by atomic mass is 9.91. The van der Waals surface area contributed by atoms with Gasteiger partial charge in [-0.3, -0.25) is 10.1 Å². The maximum atomic E-state index is 12.6. The SMILES string of the molecule is CC(C)OC(=O)C1=C(C(C)C)NC(=O)NC1c1ccc(O)c([N+](=O)[O-])c1. The Morgan fingerprint density at radius 1 is 1.31 bits per heavy atom. The molecule has 0 aromatic heterocycles. The number of carbonyl (C=O) groups excluding carboxylic acids is 2. The second-order valence-corrected chi connectivity index (χ2v) is 6.47. The van der Waals surface area contributed by atoms with Gasteiger partial charge in [-0.15, -0.1) is 0 Å². The van der Waals surface area contributed by atoms with E-state index in [9.17, 15) is 24.8 Å². The number of allylic oxidation sites excluding steroid dienone is 1. The molecule has 0 radical (unpaired) electrons. The maximum Gasteiger partial charge on any atom is 0.338 e. The van der Waals surface area contributed by atoms with Crippen LogP contribution in [-0.4, -0.2) is 28.1 Å². The number of aromatic hydroxyl groups is 1. The van der Waals surface area contributed by atoms with Crippen molar-refractivity contribution >= 4 is 17.7 Å². The highest BCUT2D eigenvalue weighted by Crippen LogP contribution is 2.35. The Balaban J connectivity index is 2.61. The standard InChI is InChI=1S/C17H21N3O6/c1-8(2)14-13(16(22)26-9(3)4)15(19-17(23)18-14)10-5-6-12(21)11(7-10)20(24)25/h5-9,15,21H,1-4H3,(H2,18,19,23). The lowest BCUT2D eigenvalue weighted by Gasteiger charge is -2.31. The van der Waals surface area contributed by atoms with Crippen LogP contribution in [0.4, 0.5) is 10.5 Å². The second kappa shape index (κ2) is 7.42. The van der Waals surface area contributed by atoms with Crippen LogP contribution in [-0.2, 0) is 9.53 Å². The van der Waals surface area contributed by atoms with Crippen LogP contribution in [0.25, 0.3) is 0 Å². The van der Waals surface area contributed by atoms with Gasteiger partial charge in [-0.1, -0.05) is 19.9 Å². The molecule has 1 aliphatic heterocycles. The summed E-state index contributed by atoms with van der Waals surface area (Å²) in [6.45, 7) is 7.01. The molecule has 1 aliphatic rings. The summed E-state index contributed by atoms with van der Waals surface area (Å²) in [7, 11) is 0. The summed E-state index contributed by atoms with van der Waals surface area (Å²) in [6.07, 6.45) is -0.379. The van der Waals surface area contributed by atoms with Gasteiger partial charge in [0.2, 0.25) is 0 Å². The number of nitro groups is 1. The van der Waals surface area contributed by atoms with Gasteiger partial charge >= 0.3 is 17.7 Å². The number of benzene rings is 1. The van der Waals surface area contributed by atoms with Gasteiger partial charge < -0.3 is 20.5 Å². The van der Waals surface area contributed by atoms with E-state index in [0.717, 1.165) is 12.1 Å². The molecule has 3 N–H and O–H groups in total. The number of nitrogens with one attached hydrogen (secondary N) is 2. The predicted octanol–water partition coefficient (Wildman–Crippen LogP) is 2.52. The molecule has 140 valence electrons. The summed E-state index contributed by atoms with van der Waals surface area (Å²) in [4.78, 5) is 35.1. The third-order valence-electron chi connectivity index (χ3n) is 3.77. The molecule has 1 unspecified atom stereocenters. The largest absolute Gasteiger partial charge is 0.502 e. The van der Waals surface area contributed by atoms with Gasteiger partial charge in [0.15, 0.2) is 5.75 Å². The Kier molecular flexibility index (Phi) is 5.49. The van der Waals surface area contributed by atoms with E-state index in [2.05, 4.69) is 10.6 Å². The molecule has 1 aromatic carbocycles. The fourth-order valence-electron chi connectivity index (χ4n) is 2.66. The molecule has 2 amide bonds. The van der Waals surface area contributed by atoms with Crippen LogP contribution in [0.2, 0.25) is 0 Å². The summed E-state index contributed by atoms with van der Waals surface area (Å²) in [5.41, 5.74) is 0.338. The molecule has 1 heterocycles. The fourth-order valence-corrected chi connectivity index (χ4v) is 2.66. The normalized spacial score (nSPS) is 17.2. The van der Waals surface area contributed by atoms with Crippen molar-refractivity contribution in [3.63, 3.8) is 0 Å².